The fourth-order valence-corrected chi connectivity index (χ4v) is 4.01. The van der Waals surface area contributed by atoms with Crippen LogP contribution in [0.4, 0.5) is 10.1 Å². The van der Waals surface area contributed by atoms with Crippen LogP contribution in [-0.4, -0.2) is 50.6 Å². The van der Waals surface area contributed by atoms with Gasteiger partial charge in [0.05, 0.1) is 46.7 Å². The van der Waals surface area contributed by atoms with Gasteiger partial charge in [-0.25, -0.2) is 19.3 Å². The van der Waals surface area contributed by atoms with E-state index >= 15 is 4.39 Å². The van der Waals surface area contributed by atoms with Gasteiger partial charge < -0.3 is 14.9 Å². The molecule has 0 radical (unpaired) electrons. The highest BCUT2D eigenvalue weighted by atomic mass is 19.1. The van der Waals surface area contributed by atoms with Crippen LogP contribution in [0.5, 0.6) is 0 Å². The fourth-order valence-electron chi connectivity index (χ4n) is 4.01. The standard InChI is InChI=1S/C24H19FN10O/c1-3-17(36)30-14-6-13(7-26-8-14)20-19(25)18-15(9-28-20)33-34-22(18)24-31-21-16(4-5-27-23(21)32-24)35-10-12(2)29-11-35/h4-11H,3H2,1-2H3,(H,30,36)(H,33,34)(H,27,31,32). The average molecular weight is 482 g/mol. The summed E-state index contributed by atoms with van der Waals surface area (Å²) in [5.74, 6) is -0.402. The van der Waals surface area contributed by atoms with Crippen molar-refractivity contribution in [2.24, 2.45) is 0 Å². The van der Waals surface area contributed by atoms with Crippen LogP contribution < -0.4 is 5.32 Å². The Morgan fingerprint density at radius 2 is 2.06 bits per heavy atom. The number of nitrogens with one attached hydrogen (secondary N) is 3. The number of carbonyl (C=O) groups excluding carboxylic acids is 1. The van der Waals surface area contributed by atoms with Crippen LogP contribution in [0.25, 0.3) is 50.5 Å². The third kappa shape index (κ3) is 3.55. The molecule has 0 spiro atoms. The maximum absolute atomic E-state index is 15.9. The number of H-pyrrole nitrogens is 2. The normalized spacial score (nSPS) is 11.4. The zero-order valence-corrected chi connectivity index (χ0v) is 19.2. The van der Waals surface area contributed by atoms with Gasteiger partial charge in [0.25, 0.3) is 0 Å². The van der Waals surface area contributed by atoms with Crippen molar-refractivity contribution in [3.05, 3.63) is 61.0 Å². The van der Waals surface area contributed by atoms with E-state index in [1.807, 2.05) is 23.8 Å². The Bertz CT molecular complexity index is 1770. The van der Waals surface area contributed by atoms with Crippen LogP contribution in [0.1, 0.15) is 19.0 Å². The van der Waals surface area contributed by atoms with E-state index in [0.29, 0.717) is 45.9 Å². The molecule has 0 aliphatic heterocycles. The molecular formula is C24H19FN10O. The third-order valence-corrected chi connectivity index (χ3v) is 5.74. The fraction of sp³-hybridized carbons (Fsp3) is 0.125. The van der Waals surface area contributed by atoms with Gasteiger partial charge in [0, 0.05) is 30.6 Å². The second-order valence-electron chi connectivity index (χ2n) is 8.18. The number of aromatic nitrogens is 9. The van der Waals surface area contributed by atoms with E-state index in [2.05, 4.69) is 40.4 Å². The van der Waals surface area contributed by atoms with Gasteiger partial charge in [0.2, 0.25) is 5.91 Å². The quantitative estimate of drug-likeness (QED) is 0.338. The number of hydrogen-bond acceptors (Lipinski definition) is 7. The van der Waals surface area contributed by atoms with Crippen molar-refractivity contribution in [2.75, 3.05) is 5.32 Å². The maximum atomic E-state index is 15.9. The highest BCUT2D eigenvalue weighted by molar-refractivity contribution is 5.96. The zero-order valence-electron chi connectivity index (χ0n) is 19.2. The molecule has 6 rings (SSSR count). The Balaban J connectivity index is 1.47. The first-order valence-corrected chi connectivity index (χ1v) is 11.2. The molecule has 3 N–H and O–H groups in total. The smallest absolute Gasteiger partial charge is 0.224 e. The number of carbonyl (C=O) groups is 1. The van der Waals surface area contributed by atoms with Gasteiger partial charge in [-0.15, -0.1) is 0 Å². The maximum Gasteiger partial charge on any atom is 0.224 e. The number of anilines is 1. The number of imidazole rings is 2. The molecule has 0 atom stereocenters. The first-order chi connectivity index (χ1) is 17.5. The van der Waals surface area contributed by atoms with Gasteiger partial charge in [-0.3, -0.25) is 19.9 Å². The van der Waals surface area contributed by atoms with Crippen molar-refractivity contribution in [3.8, 4) is 28.5 Å². The summed E-state index contributed by atoms with van der Waals surface area (Å²) in [7, 11) is 0. The molecule has 11 nitrogen and oxygen atoms in total. The van der Waals surface area contributed by atoms with Crippen LogP contribution in [0.2, 0.25) is 0 Å². The van der Waals surface area contributed by atoms with Crippen molar-refractivity contribution in [1.82, 2.24) is 44.7 Å². The van der Waals surface area contributed by atoms with Gasteiger partial charge >= 0.3 is 0 Å². The highest BCUT2D eigenvalue weighted by Gasteiger charge is 2.21. The molecule has 0 aliphatic rings. The molecule has 0 bridgehead atoms. The minimum absolute atomic E-state index is 0.0778. The molecule has 1 amide bonds. The monoisotopic (exact) mass is 482 g/mol. The number of aryl methyl sites for hydroxylation is 1. The lowest BCUT2D eigenvalue weighted by Gasteiger charge is -2.07. The molecule has 6 heterocycles. The molecule has 178 valence electrons. The second kappa shape index (κ2) is 8.34. The molecule has 0 aliphatic carbocycles. The molecule has 6 aromatic rings. The summed E-state index contributed by atoms with van der Waals surface area (Å²) in [5.41, 5.74) is 4.43. The number of aromatic amines is 2. The lowest BCUT2D eigenvalue weighted by molar-refractivity contribution is -0.115. The van der Waals surface area contributed by atoms with Crippen molar-refractivity contribution in [3.63, 3.8) is 0 Å². The Labute approximate surface area is 202 Å². The first kappa shape index (κ1) is 21.5. The van der Waals surface area contributed by atoms with E-state index in [0.717, 1.165) is 11.4 Å². The Morgan fingerprint density at radius 1 is 1.17 bits per heavy atom. The van der Waals surface area contributed by atoms with Gasteiger partial charge in [-0.2, -0.15) is 5.10 Å². The molecule has 0 aromatic carbocycles. The van der Waals surface area contributed by atoms with Crippen molar-refractivity contribution in [1.29, 1.82) is 0 Å². The van der Waals surface area contributed by atoms with E-state index in [1.165, 1.54) is 18.6 Å². The summed E-state index contributed by atoms with van der Waals surface area (Å²) in [6.45, 7) is 3.65. The number of fused-ring (bicyclic) bond motifs is 2. The zero-order chi connectivity index (χ0) is 24.8. The van der Waals surface area contributed by atoms with E-state index in [1.54, 1.807) is 25.5 Å². The van der Waals surface area contributed by atoms with Crippen molar-refractivity contribution in [2.45, 2.75) is 20.3 Å². The molecule has 6 aromatic heterocycles. The predicted molar refractivity (Wildman–Crippen MR) is 131 cm³/mol. The average Bonchev–Trinajstić information content (AvgIpc) is 3.62. The molecule has 0 saturated carbocycles. The number of nitrogens with zero attached hydrogens (tertiary/aromatic N) is 7. The van der Waals surface area contributed by atoms with E-state index in [9.17, 15) is 4.79 Å². The number of pyridine rings is 3. The van der Waals surface area contributed by atoms with E-state index in [-0.39, 0.29) is 17.0 Å². The number of hydrogen-bond donors (Lipinski definition) is 3. The largest absolute Gasteiger partial charge is 0.325 e. The molecule has 0 unspecified atom stereocenters. The number of rotatable bonds is 5. The first-order valence-electron chi connectivity index (χ1n) is 11.2. The van der Waals surface area contributed by atoms with Crippen molar-refractivity contribution >= 4 is 33.7 Å². The molecule has 0 fully saturated rings. The summed E-state index contributed by atoms with van der Waals surface area (Å²) >= 11 is 0. The van der Waals surface area contributed by atoms with Crippen molar-refractivity contribution < 1.29 is 9.18 Å². The van der Waals surface area contributed by atoms with Gasteiger partial charge in [0.1, 0.15) is 16.9 Å². The molecule has 0 saturated heterocycles. The van der Waals surface area contributed by atoms with E-state index in [4.69, 9.17) is 4.98 Å². The summed E-state index contributed by atoms with van der Waals surface area (Å²) in [6, 6.07) is 3.46. The minimum Gasteiger partial charge on any atom is -0.325 e. The SMILES string of the molecule is CCC(=O)Nc1cncc(-c2ncc3[nH]nc(-c4nc5c(-n6cnc(C)c6)ccnc5[nH]4)c3c2F)c1. The minimum atomic E-state index is -0.587. The highest BCUT2D eigenvalue weighted by Crippen LogP contribution is 2.33. The number of amides is 1. The molecular weight excluding hydrogens is 463 g/mol. The van der Waals surface area contributed by atoms with E-state index < -0.39 is 5.82 Å². The van der Waals surface area contributed by atoms with Crippen LogP contribution in [0, 0.1) is 12.7 Å². The van der Waals surface area contributed by atoms with Gasteiger partial charge in [-0.1, -0.05) is 6.92 Å². The topological polar surface area (TPSA) is 143 Å². The number of halogens is 1. The van der Waals surface area contributed by atoms with Crippen LogP contribution in [0.3, 0.4) is 0 Å². The van der Waals surface area contributed by atoms with Crippen LogP contribution in [0.15, 0.2) is 49.4 Å². The molecule has 12 heteroatoms. The van der Waals surface area contributed by atoms with Gasteiger partial charge in [0.15, 0.2) is 17.3 Å². The van der Waals surface area contributed by atoms with Gasteiger partial charge in [-0.05, 0) is 19.1 Å². The second-order valence-corrected chi connectivity index (χ2v) is 8.18. The third-order valence-electron chi connectivity index (χ3n) is 5.74. The summed E-state index contributed by atoms with van der Waals surface area (Å²) < 4.78 is 17.7. The van der Waals surface area contributed by atoms with Crippen LogP contribution >= 0.6 is 0 Å². The Kier molecular flexibility index (Phi) is 4.99. The summed E-state index contributed by atoms with van der Waals surface area (Å²) in [6.07, 6.45) is 10.1. The van der Waals surface area contributed by atoms with Crippen LogP contribution in [-0.2, 0) is 4.79 Å². The summed E-state index contributed by atoms with van der Waals surface area (Å²) in [5, 5.41) is 10.1. The lowest BCUT2D eigenvalue weighted by Crippen LogP contribution is -2.09. The Hall–Kier alpha value is -5.00. The molecule has 36 heavy (non-hydrogen) atoms. The lowest BCUT2D eigenvalue weighted by atomic mass is 10.1. The summed E-state index contributed by atoms with van der Waals surface area (Å²) in [4.78, 5) is 36.7. The predicted octanol–water partition coefficient (Wildman–Crippen LogP) is 3.94. The Morgan fingerprint density at radius 3 is 2.86 bits per heavy atom.